The quantitative estimate of drug-likeness (QED) is 0.214. The molecule has 3 aromatic carbocycles. The first-order valence-corrected chi connectivity index (χ1v) is 13.5. The van der Waals surface area contributed by atoms with Crippen LogP contribution in [0.5, 0.6) is 5.75 Å². The fraction of sp³-hybridized carbons (Fsp3) is 0.375. The summed E-state index contributed by atoms with van der Waals surface area (Å²) in [5.41, 5.74) is 6.38. The Kier molecular flexibility index (Phi) is 8.99. The first kappa shape index (κ1) is 26.5. The number of carbonyl (C=O) groups is 1. The molecule has 0 aliphatic heterocycles. The summed E-state index contributed by atoms with van der Waals surface area (Å²) in [4.78, 5) is 17.4. The predicted molar refractivity (Wildman–Crippen MR) is 152 cm³/mol. The van der Waals surface area contributed by atoms with Crippen LogP contribution in [0.15, 0.2) is 66.7 Å². The maximum absolute atomic E-state index is 12.5. The molecule has 0 atom stereocenters. The molecule has 4 aromatic rings. The van der Waals surface area contributed by atoms with E-state index >= 15 is 0 Å². The van der Waals surface area contributed by atoms with Gasteiger partial charge in [0.15, 0.2) is 0 Å². The van der Waals surface area contributed by atoms with Gasteiger partial charge in [-0.2, -0.15) is 0 Å². The number of amides is 1. The van der Waals surface area contributed by atoms with Crippen molar-refractivity contribution in [1.82, 2.24) is 14.9 Å². The number of rotatable bonds is 12. The first-order chi connectivity index (χ1) is 17.9. The second-order valence-electron chi connectivity index (χ2n) is 10.1. The highest BCUT2D eigenvalue weighted by Gasteiger charge is 2.12. The third kappa shape index (κ3) is 6.79. The summed E-state index contributed by atoms with van der Waals surface area (Å²) in [5.74, 6) is 2.50. The second-order valence-corrected chi connectivity index (χ2v) is 10.1. The lowest BCUT2D eigenvalue weighted by Crippen LogP contribution is -2.25. The molecule has 0 saturated carbocycles. The molecule has 0 aliphatic carbocycles. The monoisotopic (exact) mass is 497 g/mol. The number of nitrogens with zero attached hydrogens (tertiary/aromatic N) is 2. The van der Waals surface area contributed by atoms with Crippen molar-refractivity contribution in [1.29, 1.82) is 0 Å². The molecule has 0 unspecified atom stereocenters. The number of aromatic nitrogens is 2. The zero-order valence-corrected chi connectivity index (χ0v) is 22.6. The number of hydrogen-bond donors (Lipinski definition) is 1. The zero-order valence-electron chi connectivity index (χ0n) is 22.6. The highest BCUT2D eigenvalue weighted by molar-refractivity contribution is 5.95. The van der Waals surface area contributed by atoms with Crippen LogP contribution < -0.4 is 10.1 Å². The van der Waals surface area contributed by atoms with Crippen LogP contribution in [0.1, 0.15) is 71.9 Å². The van der Waals surface area contributed by atoms with Gasteiger partial charge in [-0.05, 0) is 68.0 Å². The van der Waals surface area contributed by atoms with E-state index in [0.717, 1.165) is 66.0 Å². The maximum Gasteiger partial charge on any atom is 0.251 e. The van der Waals surface area contributed by atoms with Crippen LogP contribution in [0.3, 0.4) is 0 Å². The minimum atomic E-state index is 0.0123. The maximum atomic E-state index is 12.5. The number of imidazole rings is 1. The Hall–Kier alpha value is -3.60. The molecule has 1 N–H and O–H groups in total. The van der Waals surface area contributed by atoms with Crippen LogP contribution in [0.2, 0.25) is 0 Å². The molecule has 0 saturated heterocycles. The van der Waals surface area contributed by atoms with Gasteiger partial charge in [0.05, 0.1) is 17.6 Å². The molecule has 0 fully saturated rings. The number of para-hydroxylation sites is 3. The van der Waals surface area contributed by atoms with Crippen molar-refractivity contribution in [3.8, 4) is 5.75 Å². The van der Waals surface area contributed by atoms with Crippen LogP contribution >= 0.6 is 0 Å². The molecular weight excluding hydrogens is 458 g/mol. The molecule has 37 heavy (non-hydrogen) atoms. The molecule has 0 aliphatic rings. The molecule has 1 aromatic heterocycles. The SMILES string of the molecule is Cc1ccc(C(=O)NCCCCCc2nc3ccccc3n2CCOc2ccccc2C(C)C)c(C)c1. The normalized spacial score (nSPS) is 11.3. The molecule has 5 heteroatoms. The smallest absolute Gasteiger partial charge is 0.251 e. The topological polar surface area (TPSA) is 56.2 Å². The third-order valence-electron chi connectivity index (χ3n) is 6.84. The highest BCUT2D eigenvalue weighted by atomic mass is 16.5. The number of ether oxygens (including phenoxy) is 1. The van der Waals surface area contributed by atoms with Gasteiger partial charge in [-0.15, -0.1) is 0 Å². The van der Waals surface area contributed by atoms with Crippen LogP contribution in [-0.4, -0.2) is 28.6 Å². The summed E-state index contributed by atoms with van der Waals surface area (Å²) >= 11 is 0. The van der Waals surface area contributed by atoms with E-state index in [1.807, 2.05) is 38.1 Å². The number of carbonyl (C=O) groups excluding carboxylic acids is 1. The Morgan fingerprint density at radius 2 is 1.76 bits per heavy atom. The average molecular weight is 498 g/mol. The van der Waals surface area contributed by atoms with Gasteiger partial charge in [-0.1, -0.05) is 68.3 Å². The standard InChI is InChI=1S/C32H39N3O2/c1-23(2)26-12-7-10-15-30(26)37-21-20-35-29-14-9-8-13-28(29)34-31(35)16-6-5-11-19-33-32(36)27-18-17-24(3)22-25(27)4/h7-10,12-15,17-18,22-23H,5-6,11,16,19-21H2,1-4H3,(H,33,36). The van der Waals surface area contributed by atoms with Crippen LogP contribution in [0.4, 0.5) is 0 Å². The van der Waals surface area contributed by atoms with Crippen LogP contribution in [0.25, 0.3) is 11.0 Å². The van der Waals surface area contributed by atoms with Gasteiger partial charge in [0.25, 0.3) is 5.91 Å². The molecule has 0 radical (unpaired) electrons. The van der Waals surface area contributed by atoms with E-state index in [9.17, 15) is 4.79 Å². The second kappa shape index (κ2) is 12.6. The molecule has 194 valence electrons. The number of benzene rings is 3. The predicted octanol–water partition coefficient (Wildman–Crippen LogP) is 7.00. The number of aryl methyl sites for hydroxylation is 3. The number of fused-ring (bicyclic) bond motifs is 1. The van der Waals surface area contributed by atoms with Gasteiger partial charge in [-0.3, -0.25) is 4.79 Å². The average Bonchev–Trinajstić information content (AvgIpc) is 3.23. The van der Waals surface area contributed by atoms with Crippen molar-refractivity contribution in [2.45, 2.75) is 65.8 Å². The molecule has 0 spiro atoms. The first-order valence-electron chi connectivity index (χ1n) is 13.5. The zero-order chi connectivity index (χ0) is 26.2. The molecular formula is C32H39N3O2. The molecule has 0 bridgehead atoms. The van der Waals surface area contributed by atoms with E-state index in [-0.39, 0.29) is 5.91 Å². The van der Waals surface area contributed by atoms with Gasteiger partial charge in [0, 0.05) is 18.5 Å². The Labute approximate surface area is 220 Å². The van der Waals surface area contributed by atoms with Crippen molar-refractivity contribution < 1.29 is 9.53 Å². The minimum absolute atomic E-state index is 0.0123. The molecule has 5 nitrogen and oxygen atoms in total. The fourth-order valence-corrected chi connectivity index (χ4v) is 4.85. The Balaban J connectivity index is 1.29. The lowest BCUT2D eigenvalue weighted by molar-refractivity contribution is 0.0952. The van der Waals surface area contributed by atoms with Crippen LogP contribution in [0, 0.1) is 13.8 Å². The van der Waals surface area contributed by atoms with E-state index in [1.54, 1.807) is 0 Å². The summed E-state index contributed by atoms with van der Waals surface area (Å²) in [7, 11) is 0. The van der Waals surface area contributed by atoms with Crippen molar-refractivity contribution in [3.63, 3.8) is 0 Å². The number of nitrogens with one attached hydrogen (secondary N) is 1. The minimum Gasteiger partial charge on any atom is -0.491 e. The largest absolute Gasteiger partial charge is 0.491 e. The highest BCUT2D eigenvalue weighted by Crippen LogP contribution is 2.26. The van der Waals surface area contributed by atoms with Crippen molar-refractivity contribution in [3.05, 3.63) is 94.8 Å². The van der Waals surface area contributed by atoms with Gasteiger partial charge >= 0.3 is 0 Å². The summed E-state index contributed by atoms with van der Waals surface area (Å²) in [6, 6.07) is 22.6. The summed E-state index contributed by atoms with van der Waals surface area (Å²) < 4.78 is 8.52. The van der Waals surface area contributed by atoms with E-state index < -0.39 is 0 Å². The van der Waals surface area contributed by atoms with E-state index in [2.05, 4.69) is 66.2 Å². The Morgan fingerprint density at radius 3 is 2.57 bits per heavy atom. The lowest BCUT2D eigenvalue weighted by atomic mass is 10.0. The van der Waals surface area contributed by atoms with E-state index in [1.165, 1.54) is 11.1 Å². The molecule has 1 amide bonds. The van der Waals surface area contributed by atoms with Gasteiger partial charge in [0.1, 0.15) is 18.2 Å². The van der Waals surface area contributed by atoms with Gasteiger partial charge in [-0.25, -0.2) is 4.98 Å². The van der Waals surface area contributed by atoms with E-state index in [4.69, 9.17) is 9.72 Å². The number of unbranched alkanes of at least 4 members (excludes halogenated alkanes) is 2. The lowest BCUT2D eigenvalue weighted by Gasteiger charge is -2.15. The van der Waals surface area contributed by atoms with Crippen molar-refractivity contribution in [2.75, 3.05) is 13.2 Å². The summed E-state index contributed by atoms with van der Waals surface area (Å²) in [6.45, 7) is 10.5. The summed E-state index contributed by atoms with van der Waals surface area (Å²) in [5, 5.41) is 3.07. The van der Waals surface area contributed by atoms with Crippen LogP contribution in [-0.2, 0) is 13.0 Å². The fourth-order valence-electron chi connectivity index (χ4n) is 4.85. The number of hydrogen-bond acceptors (Lipinski definition) is 3. The Bertz CT molecular complexity index is 1340. The summed E-state index contributed by atoms with van der Waals surface area (Å²) in [6.07, 6.45) is 3.92. The van der Waals surface area contributed by atoms with Gasteiger partial charge < -0.3 is 14.6 Å². The van der Waals surface area contributed by atoms with Crippen molar-refractivity contribution >= 4 is 16.9 Å². The Morgan fingerprint density at radius 1 is 0.973 bits per heavy atom. The third-order valence-corrected chi connectivity index (χ3v) is 6.84. The van der Waals surface area contributed by atoms with Gasteiger partial charge in [0.2, 0.25) is 0 Å². The molecule has 4 rings (SSSR count). The van der Waals surface area contributed by atoms with E-state index in [0.29, 0.717) is 19.1 Å². The molecule has 1 heterocycles. The van der Waals surface area contributed by atoms with Crippen molar-refractivity contribution in [2.24, 2.45) is 0 Å².